The minimum atomic E-state index is 0.266. The molecule has 2 aromatic rings. The van der Waals surface area contributed by atoms with Crippen LogP contribution in [0.4, 0.5) is 11.8 Å². The van der Waals surface area contributed by atoms with Crippen molar-refractivity contribution < 1.29 is 4.74 Å². The molecular weight excluding hydrogens is 274 g/mol. The van der Waals surface area contributed by atoms with Crippen LogP contribution in [-0.4, -0.2) is 35.8 Å². The molecule has 0 bridgehead atoms. The van der Waals surface area contributed by atoms with Crippen LogP contribution in [-0.2, 0) is 4.74 Å². The topological polar surface area (TPSA) is 76.3 Å². The van der Waals surface area contributed by atoms with Crippen LogP contribution in [0.25, 0.3) is 10.2 Å². The van der Waals surface area contributed by atoms with Gasteiger partial charge in [0.05, 0.1) is 18.1 Å². The number of morpholine rings is 1. The van der Waals surface area contributed by atoms with E-state index in [0.29, 0.717) is 5.95 Å². The molecule has 6 nitrogen and oxygen atoms in total. The van der Waals surface area contributed by atoms with Gasteiger partial charge in [0.25, 0.3) is 0 Å². The first-order valence-electron chi connectivity index (χ1n) is 6.82. The maximum Gasteiger partial charge on any atom is 0.240 e. The smallest absolute Gasteiger partial charge is 0.240 e. The number of hydrogen-bond donors (Lipinski definition) is 2. The van der Waals surface area contributed by atoms with Gasteiger partial charge in [-0.05, 0) is 19.4 Å². The second-order valence-corrected chi connectivity index (χ2v) is 6.17. The van der Waals surface area contributed by atoms with E-state index in [9.17, 15) is 0 Å². The molecule has 3 heterocycles. The molecule has 3 rings (SSSR count). The minimum Gasteiger partial charge on any atom is -0.375 e. The predicted molar refractivity (Wildman–Crippen MR) is 82.2 cm³/mol. The van der Waals surface area contributed by atoms with E-state index in [-0.39, 0.29) is 6.10 Å². The van der Waals surface area contributed by atoms with E-state index in [0.717, 1.165) is 42.2 Å². The summed E-state index contributed by atoms with van der Waals surface area (Å²) in [4.78, 5) is 13.4. The molecule has 1 fully saturated rings. The third-order valence-electron chi connectivity index (χ3n) is 3.52. The Balaban J connectivity index is 2.04. The van der Waals surface area contributed by atoms with E-state index in [2.05, 4.69) is 40.2 Å². The summed E-state index contributed by atoms with van der Waals surface area (Å²) in [5.74, 6) is 6.91. The fraction of sp³-hybridized carbons (Fsp3) is 0.538. The third kappa shape index (κ3) is 2.44. The van der Waals surface area contributed by atoms with Gasteiger partial charge in [0.15, 0.2) is 0 Å². The summed E-state index contributed by atoms with van der Waals surface area (Å²) in [7, 11) is 0. The molecule has 1 unspecified atom stereocenters. The number of aromatic nitrogens is 2. The summed E-state index contributed by atoms with van der Waals surface area (Å²) < 4.78 is 5.73. The number of nitrogens with zero attached hydrogens (tertiary/aromatic N) is 3. The van der Waals surface area contributed by atoms with Gasteiger partial charge in [-0.15, -0.1) is 11.3 Å². The van der Waals surface area contributed by atoms with Gasteiger partial charge in [-0.3, -0.25) is 5.43 Å². The van der Waals surface area contributed by atoms with Crippen molar-refractivity contribution in [1.82, 2.24) is 9.97 Å². The number of nitrogens with two attached hydrogens (primary N) is 1. The number of fused-ring (bicyclic) bond motifs is 1. The van der Waals surface area contributed by atoms with Gasteiger partial charge in [0.1, 0.15) is 10.6 Å². The molecule has 108 valence electrons. The highest BCUT2D eigenvalue weighted by Crippen LogP contribution is 2.32. The zero-order valence-corrected chi connectivity index (χ0v) is 12.5. The van der Waals surface area contributed by atoms with Crippen molar-refractivity contribution in [3.05, 3.63) is 10.9 Å². The van der Waals surface area contributed by atoms with E-state index in [4.69, 9.17) is 10.6 Å². The molecule has 7 heteroatoms. The van der Waals surface area contributed by atoms with Crippen molar-refractivity contribution in [2.75, 3.05) is 30.0 Å². The molecule has 20 heavy (non-hydrogen) atoms. The van der Waals surface area contributed by atoms with E-state index in [1.54, 1.807) is 11.3 Å². The lowest BCUT2D eigenvalue weighted by atomic mass is 10.2. The molecule has 1 aliphatic rings. The van der Waals surface area contributed by atoms with Crippen LogP contribution in [0.5, 0.6) is 0 Å². The lowest BCUT2D eigenvalue weighted by Gasteiger charge is -2.33. The number of rotatable bonds is 3. The van der Waals surface area contributed by atoms with Crippen molar-refractivity contribution in [3.8, 4) is 0 Å². The Morgan fingerprint density at radius 3 is 3.15 bits per heavy atom. The van der Waals surface area contributed by atoms with Crippen molar-refractivity contribution in [2.24, 2.45) is 5.84 Å². The van der Waals surface area contributed by atoms with Crippen molar-refractivity contribution in [1.29, 1.82) is 0 Å². The molecule has 0 aromatic carbocycles. The van der Waals surface area contributed by atoms with Gasteiger partial charge in [-0.25, -0.2) is 10.8 Å². The molecule has 0 radical (unpaired) electrons. The lowest BCUT2D eigenvalue weighted by molar-refractivity contribution is 0.0383. The van der Waals surface area contributed by atoms with Gasteiger partial charge >= 0.3 is 0 Å². The normalized spacial score (nSPS) is 19.6. The molecule has 1 saturated heterocycles. The monoisotopic (exact) mass is 293 g/mol. The molecular formula is C13H19N5OS. The molecule has 0 aliphatic carbocycles. The minimum absolute atomic E-state index is 0.266. The van der Waals surface area contributed by atoms with Crippen LogP contribution in [0.1, 0.15) is 18.2 Å². The van der Waals surface area contributed by atoms with Gasteiger partial charge in [0, 0.05) is 18.0 Å². The number of hydrogen-bond acceptors (Lipinski definition) is 7. The second-order valence-electron chi connectivity index (χ2n) is 4.94. The number of anilines is 2. The Hall–Kier alpha value is -1.44. The number of thiophene rings is 1. The fourth-order valence-electron chi connectivity index (χ4n) is 2.49. The first kappa shape index (κ1) is 13.5. The third-order valence-corrected chi connectivity index (χ3v) is 4.46. The van der Waals surface area contributed by atoms with Gasteiger partial charge in [-0.1, -0.05) is 6.92 Å². The van der Waals surface area contributed by atoms with Crippen molar-refractivity contribution >= 4 is 33.3 Å². The number of nitrogens with one attached hydrogen (secondary N) is 1. The lowest BCUT2D eigenvalue weighted by Crippen LogP contribution is -2.42. The van der Waals surface area contributed by atoms with Gasteiger partial charge in [-0.2, -0.15) is 4.98 Å². The summed E-state index contributed by atoms with van der Waals surface area (Å²) in [6.07, 6.45) is 1.28. The highest BCUT2D eigenvalue weighted by molar-refractivity contribution is 7.18. The second kappa shape index (κ2) is 5.51. The Bertz CT molecular complexity index is 614. The molecule has 1 aliphatic heterocycles. The predicted octanol–water partition coefficient (Wildman–Crippen LogP) is 1.90. The van der Waals surface area contributed by atoms with Crippen LogP contribution in [0.3, 0.4) is 0 Å². The SMILES string of the molecule is CCC1CN(c2nc(NN)nc3sc(C)cc23)CCO1. The Kier molecular flexibility index (Phi) is 3.73. The van der Waals surface area contributed by atoms with Crippen LogP contribution in [0.15, 0.2) is 6.07 Å². The van der Waals surface area contributed by atoms with Gasteiger partial charge < -0.3 is 9.64 Å². The standard InChI is InChI=1S/C13H19N5OS/c1-3-9-7-18(4-5-19-9)11-10-6-8(2)20-12(10)16-13(15-11)17-14/h6,9H,3-5,7,14H2,1-2H3,(H,15,16,17). The molecule has 0 amide bonds. The summed E-state index contributed by atoms with van der Waals surface area (Å²) in [6.45, 7) is 6.67. The Morgan fingerprint density at radius 2 is 2.40 bits per heavy atom. The Labute approximate surface area is 121 Å². The first-order valence-corrected chi connectivity index (χ1v) is 7.64. The van der Waals surface area contributed by atoms with E-state index >= 15 is 0 Å². The van der Waals surface area contributed by atoms with E-state index in [1.807, 2.05) is 0 Å². The van der Waals surface area contributed by atoms with Crippen LogP contribution in [0, 0.1) is 6.92 Å². The summed E-state index contributed by atoms with van der Waals surface area (Å²) in [5, 5.41) is 1.10. The molecule has 0 spiro atoms. The van der Waals surface area contributed by atoms with Crippen LogP contribution in [0.2, 0.25) is 0 Å². The van der Waals surface area contributed by atoms with Crippen molar-refractivity contribution in [2.45, 2.75) is 26.4 Å². The zero-order chi connectivity index (χ0) is 14.1. The Morgan fingerprint density at radius 1 is 1.55 bits per heavy atom. The largest absolute Gasteiger partial charge is 0.375 e. The van der Waals surface area contributed by atoms with Crippen molar-refractivity contribution in [3.63, 3.8) is 0 Å². The molecule has 2 aromatic heterocycles. The quantitative estimate of drug-likeness (QED) is 0.665. The summed E-state index contributed by atoms with van der Waals surface area (Å²) in [5.41, 5.74) is 2.56. The maximum atomic E-state index is 5.73. The molecule has 0 saturated carbocycles. The first-order chi connectivity index (χ1) is 9.71. The number of nitrogen functional groups attached to an aromatic ring is 1. The summed E-state index contributed by atoms with van der Waals surface area (Å²) in [6, 6.07) is 2.14. The number of hydrazine groups is 1. The van der Waals surface area contributed by atoms with Crippen LogP contribution >= 0.6 is 11.3 Å². The van der Waals surface area contributed by atoms with Gasteiger partial charge in [0.2, 0.25) is 5.95 Å². The molecule has 1 atom stereocenters. The maximum absolute atomic E-state index is 5.73. The van der Waals surface area contributed by atoms with E-state index in [1.165, 1.54) is 4.88 Å². The number of ether oxygens (including phenoxy) is 1. The van der Waals surface area contributed by atoms with Crippen LogP contribution < -0.4 is 16.2 Å². The number of aryl methyl sites for hydroxylation is 1. The fourth-order valence-corrected chi connectivity index (χ4v) is 3.37. The zero-order valence-electron chi connectivity index (χ0n) is 11.7. The average Bonchev–Trinajstić information content (AvgIpc) is 2.86. The average molecular weight is 293 g/mol. The highest BCUT2D eigenvalue weighted by atomic mass is 32.1. The van der Waals surface area contributed by atoms with E-state index < -0.39 is 0 Å². The molecule has 3 N–H and O–H groups in total. The highest BCUT2D eigenvalue weighted by Gasteiger charge is 2.23. The summed E-state index contributed by atoms with van der Waals surface area (Å²) >= 11 is 1.66.